The zero-order valence-corrected chi connectivity index (χ0v) is 16.2. The molecule has 158 valence electrons. The van der Waals surface area contributed by atoms with Gasteiger partial charge in [0.15, 0.2) is 5.75 Å². The number of rotatable bonds is 7. The van der Waals surface area contributed by atoms with Crippen molar-refractivity contribution in [3.05, 3.63) is 41.0 Å². The van der Waals surface area contributed by atoms with Gasteiger partial charge in [-0.3, -0.25) is 4.68 Å². The van der Waals surface area contributed by atoms with E-state index in [1.54, 1.807) is 4.68 Å². The Balaban J connectivity index is 2.03. The Bertz CT molecular complexity index is 1080. The second-order valence-electron chi connectivity index (χ2n) is 6.26. The highest BCUT2D eigenvalue weighted by Gasteiger charge is 2.38. The average Bonchev–Trinajstić information content (AvgIpc) is 3.33. The topological polar surface area (TPSA) is 110 Å². The zero-order chi connectivity index (χ0) is 21.9. The molecule has 1 aromatic carbocycles. The summed E-state index contributed by atoms with van der Waals surface area (Å²) >= 11 is 0. The lowest BCUT2D eigenvalue weighted by Crippen LogP contribution is -2.08. The third-order valence-corrected chi connectivity index (χ3v) is 4.24. The number of alkyl halides is 3. The van der Waals surface area contributed by atoms with Crippen LogP contribution in [0.15, 0.2) is 22.7 Å². The maximum absolute atomic E-state index is 12.8. The van der Waals surface area contributed by atoms with E-state index < -0.39 is 12.1 Å². The maximum Gasteiger partial charge on any atom is 0.471 e. The molecule has 1 N–H and O–H groups in total. The van der Waals surface area contributed by atoms with Crippen LogP contribution in [0.3, 0.4) is 0 Å². The van der Waals surface area contributed by atoms with Crippen LogP contribution in [0.4, 0.5) is 13.2 Å². The van der Waals surface area contributed by atoms with Crippen molar-refractivity contribution in [2.24, 2.45) is 0 Å². The quantitative estimate of drug-likeness (QED) is 0.619. The highest BCUT2D eigenvalue weighted by Crippen LogP contribution is 2.34. The molecule has 0 unspecified atom stereocenters. The number of aryl methyl sites for hydroxylation is 1. The van der Waals surface area contributed by atoms with Gasteiger partial charge in [0.1, 0.15) is 11.4 Å². The number of nitrogens with zero attached hydrogens (tertiary/aromatic N) is 5. The highest BCUT2D eigenvalue weighted by atomic mass is 19.4. The minimum Gasteiger partial charge on any atom is -0.453 e. The number of hydrogen-bond acceptors (Lipinski definition) is 7. The first-order chi connectivity index (χ1) is 14.3. The summed E-state index contributed by atoms with van der Waals surface area (Å²) in [7, 11) is 0. The van der Waals surface area contributed by atoms with Gasteiger partial charge in [-0.1, -0.05) is 19.0 Å². The molecule has 0 saturated carbocycles. The first kappa shape index (κ1) is 21.3. The van der Waals surface area contributed by atoms with E-state index in [2.05, 4.69) is 19.8 Å². The second kappa shape index (κ2) is 8.54. The van der Waals surface area contributed by atoms with Crippen molar-refractivity contribution in [2.75, 3.05) is 6.61 Å². The lowest BCUT2D eigenvalue weighted by atomic mass is 10.1. The predicted molar refractivity (Wildman–Crippen MR) is 97.6 cm³/mol. The molecule has 0 aliphatic carbocycles. The van der Waals surface area contributed by atoms with Crippen molar-refractivity contribution in [3.63, 3.8) is 0 Å². The number of ether oxygens (including phenoxy) is 1. The van der Waals surface area contributed by atoms with Crippen LogP contribution in [0.1, 0.15) is 36.7 Å². The predicted octanol–water partition coefficient (Wildman–Crippen LogP) is 3.73. The van der Waals surface area contributed by atoms with E-state index >= 15 is 0 Å². The van der Waals surface area contributed by atoms with Crippen molar-refractivity contribution < 1.29 is 27.5 Å². The van der Waals surface area contributed by atoms with Gasteiger partial charge >= 0.3 is 12.1 Å². The molecule has 0 radical (unpaired) electrons. The first-order valence-electron chi connectivity index (χ1n) is 9.14. The van der Waals surface area contributed by atoms with E-state index in [1.807, 2.05) is 19.9 Å². The molecule has 2 aromatic heterocycles. The normalized spacial score (nSPS) is 11.5. The molecule has 11 heteroatoms. The van der Waals surface area contributed by atoms with Crippen molar-refractivity contribution >= 4 is 0 Å². The van der Waals surface area contributed by atoms with Gasteiger partial charge in [-0.2, -0.15) is 28.5 Å². The molecule has 0 bridgehead atoms. The van der Waals surface area contributed by atoms with Gasteiger partial charge in [0.25, 0.3) is 0 Å². The van der Waals surface area contributed by atoms with Gasteiger partial charge < -0.3 is 14.4 Å². The number of aromatic nitrogens is 4. The fourth-order valence-electron chi connectivity index (χ4n) is 2.93. The minimum absolute atomic E-state index is 0.0926. The molecular weight excluding hydrogens is 403 g/mol. The van der Waals surface area contributed by atoms with Gasteiger partial charge in [-0.15, -0.1) is 0 Å². The smallest absolute Gasteiger partial charge is 0.453 e. The van der Waals surface area contributed by atoms with Crippen LogP contribution in [0.2, 0.25) is 0 Å². The molecule has 2 heterocycles. The highest BCUT2D eigenvalue weighted by molar-refractivity contribution is 5.61. The lowest BCUT2D eigenvalue weighted by Gasteiger charge is -2.10. The SMILES string of the molecule is CCc1nn(CCO)c(CC)c1Oc1cc(C#N)cc(-c2noc(C(F)(F)F)n2)c1. The molecule has 30 heavy (non-hydrogen) atoms. The fraction of sp³-hybridized carbons (Fsp3) is 0.368. The van der Waals surface area contributed by atoms with Crippen LogP contribution in [0.25, 0.3) is 11.4 Å². The Morgan fingerprint density at radius 3 is 2.57 bits per heavy atom. The molecule has 0 aliphatic heterocycles. The summed E-state index contributed by atoms with van der Waals surface area (Å²) in [6, 6.07) is 6.16. The van der Waals surface area contributed by atoms with E-state index in [9.17, 15) is 23.5 Å². The number of benzene rings is 1. The Morgan fingerprint density at radius 2 is 2.00 bits per heavy atom. The molecule has 0 fully saturated rings. The fourth-order valence-corrected chi connectivity index (χ4v) is 2.93. The largest absolute Gasteiger partial charge is 0.471 e. The van der Waals surface area contributed by atoms with Gasteiger partial charge in [0.2, 0.25) is 5.82 Å². The van der Waals surface area contributed by atoms with E-state index in [-0.39, 0.29) is 29.3 Å². The van der Waals surface area contributed by atoms with E-state index in [4.69, 9.17) is 4.74 Å². The van der Waals surface area contributed by atoms with Crippen molar-refractivity contribution in [2.45, 2.75) is 39.4 Å². The number of aliphatic hydroxyl groups excluding tert-OH is 1. The number of halogens is 3. The number of hydrogen-bond donors (Lipinski definition) is 1. The van der Waals surface area contributed by atoms with Crippen molar-refractivity contribution in [1.29, 1.82) is 5.26 Å². The lowest BCUT2D eigenvalue weighted by molar-refractivity contribution is -0.159. The van der Waals surface area contributed by atoms with Crippen LogP contribution in [0.5, 0.6) is 11.5 Å². The van der Waals surface area contributed by atoms with Crippen LogP contribution in [0, 0.1) is 11.3 Å². The minimum atomic E-state index is -4.77. The Labute approximate surface area is 169 Å². The van der Waals surface area contributed by atoms with Crippen LogP contribution in [-0.2, 0) is 25.6 Å². The molecule has 8 nitrogen and oxygen atoms in total. The maximum atomic E-state index is 12.8. The third-order valence-electron chi connectivity index (χ3n) is 4.24. The van der Waals surface area contributed by atoms with Crippen molar-refractivity contribution in [1.82, 2.24) is 19.9 Å². The van der Waals surface area contributed by atoms with Gasteiger partial charge in [0, 0.05) is 5.56 Å². The summed E-state index contributed by atoms with van der Waals surface area (Å²) in [5.74, 6) is -1.09. The van der Waals surface area contributed by atoms with Crippen LogP contribution < -0.4 is 4.74 Å². The summed E-state index contributed by atoms with van der Waals surface area (Å²) in [6.07, 6.45) is -3.64. The molecule has 0 amide bonds. The van der Waals surface area contributed by atoms with Crippen LogP contribution in [-0.4, -0.2) is 31.6 Å². The molecule has 0 aliphatic rings. The average molecular weight is 421 g/mol. The summed E-state index contributed by atoms with van der Waals surface area (Å²) in [6.45, 7) is 4.01. The summed E-state index contributed by atoms with van der Waals surface area (Å²) in [5.41, 5.74) is 1.70. The first-order valence-corrected chi connectivity index (χ1v) is 9.14. The van der Waals surface area contributed by atoms with Gasteiger partial charge in [-0.25, -0.2) is 0 Å². The molecule has 0 saturated heterocycles. The molecular formula is C19H18F3N5O3. The Morgan fingerprint density at radius 1 is 1.23 bits per heavy atom. The zero-order valence-electron chi connectivity index (χ0n) is 16.2. The van der Waals surface area contributed by atoms with Gasteiger partial charge in [-0.05, 0) is 31.0 Å². The van der Waals surface area contributed by atoms with Gasteiger partial charge in [0.05, 0.1) is 30.5 Å². The van der Waals surface area contributed by atoms with E-state index in [0.717, 1.165) is 5.69 Å². The summed E-state index contributed by atoms with van der Waals surface area (Å²) < 4.78 is 50.2. The summed E-state index contributed by atoms with van der Waals surface area (Å²) in [5, 5.41) is 26.4. The second-order valence-corrected chi connectivity index (χ2v) is 6.26. The number of nitriles is 1. The monoisotopic (exact) mass is 421 g/mol. The number of aliphatic hydroxyl groups is 1. The Hall–Kier alpha value is -3.39. The molecule has 0 atom stereocenters. The van der Waals surface area contributed by atoms with E-state index in [0.29, 0.717) is 30.8 Å². The molecule has 3 aromatic rings. The molecule has 0 spiro atoms. The van der Waals surface area contributed by atoms with Crippen LogP contribution >= 0.6 is 0 Å². The molecule has 3 rings (SSSR count). The van der Waals surface area contributed by atoms with E-state index in [1.165, 1.54) is 18.2 Å². The summed E-state index contributed by atoms with van der Waals surface area (Å²) in [4.78, 5) is 3.36. The Kier molecular flexibility index (Phi) is 6.07. The third kappa shape index (κ3) is 4.28. The van der Waals surface area contributed by atoms with Crippen molar-refractivity contribution in [3.8, 4) is 29.0 Å². The standard InChI is InChI=1S/C19H18F3N5O3/c1-3-14-16(15(4-2)27(25-14)5-6-28)29-13-8-11(10-23)7-12(9-13)17-24-18(30-26-17)19(20,21)22/h7-9,28H,3-6H2,1-2H3.